The molecule has 0 radical (unpaired) electrons. The first-order valence-corrected chi connectivity index (χ1v) is 11.1. The first-order valence-electron chi connectivity index (χ1n) is 11.1. The van der Waals surface area contributed by atoms with Crippen molar-refractivity contribution in [1.29, 1.82) is 0 Å². The standard InChI is InChI=1S/C25H29F3N2O3/c1-3-30(23(32)19-8-12-20(13-9-19)24(2,33)25(26,27)28)21-14-10-17(11-15-21)16-4-6-18(7-5-16)22(29)31/h4-9,12-13,17,21,33H,3,10-11,14-15H2,1-2H3,(H2,29,31). The summed E-state index contributed by atoms with van der Waals surface area (Å²) in [6.07, 6.45) is -1.42. The van der Waals surface area contributed by atoms with Gasteiger partial charge in [0.2, 0.25) is 5.91 Å². The molecule has 1 atom stereocenters. The molecule has 2 aromatic rings. The van der Waals surface area contributed by atoms with Crippen molar-refractivity contribution in [2.45, 2.75) is 63.3 Å². The second kappa shape index (κ2) is 9.55. The molecule has 0 aromatic heterocycles. The molecule has 1 saturated carbocycles. The Kier molecular flexibility index (Phi) is 7.17. The highest BCUT2D eigenvalue weighted by Crippen LogP contribution is 2.39. The molecule has 2 amide bonds. The van der Waals surface area contributed by atoms with Crippen molar-refractivity contribution in [2.75, 3.05) is 6.54 Å². The van der Waals surface area contributed by atoms with Gasteiger partial charge in [-0.2, -0.15) is 13.2 Å². The van der Waals surface area contributed by atoms with Gasteiger partial charge in [-0.25, -0.2) is 0 Å². The maximum atomic E-state index is 13.1. The fourth-order valence-corrected chi connectivity index (χ4v) is 4.47. The number of aliphatic hydroxyl groups is 1. The van der Waals surface area contributed by atoms with Gasteiger partial charge in [-0.05, 0) is 80.8 Å². The molecule has 0 aliphatic heterocycles. The van der Waals surface area contributed by atoms with Crippen LogP contribution in [0.3, 0.4) is 0 Å². The first-order chi connectivity index (χ1) is 15.5. The number of hydrogen-bond donors (Lipinski definition) is 2. The Morgan fingerprint density at radius 1 is 0.970 bits per heavy atom. The van der Waals surface area contributed by atoms with Crippen LogP contribution in [-0.2, 0) is 5.60 Å². The number of halogens is 3. The summed E-state index contributed by atoms with van der Waals surface area (Å²) in [6, 6.07) is 12.3. The summed E-state index contributed by atoms with van der Waals surface area (Å²) >= 11 is 0. The number of alkyl halides is 3. The lowest BCUT2D eigenvalue weighted by molar-refractivity contribution is -0.258. The summed E-state index contributed by atoms with van der Waals surface area (Å²) in [5.41, 5.74) is 3.91. The zero-order chi connectivity index (χ0) is 24.4. The topological polar surface area (TPSA) is 83.6 Å². The molecule has 8 heteroatoms. The van der Waals surface area contributed by atoms with Crippen molar-refractivity contribution in [3.63, 3.8) is 0 Å². The molecular weight excluding hydrogens is 433 g/mol. The first kappa shape index (κ1) is 24.8. The van der Waals surface area contributed by atoms with Gasteiger partial charge in [0.25, 0.3) is 5.91 Å². The van der Waals surface area contributed by atoms with E-state index in [0.29, 0.717) is 30.5 Å². The number of rotatable bonds is 6. The number of carbonyl (C=O) groups excluding carboxylic acids is 2. The molecule has 0 saturated heterocycles. The average molecular weight is 463 g/mol. The van der Waals surface area contributed by atoms with Crippen LogP contribution >= 0.6 is 0 Å². The minimum absolute atomic E-state index is 0.0432. The largest absolute Gasteiger partial charge is 0.421 e. The Hall–Kier alpha value is -2.87. The summed E-state index contributed by atoms with van der Waals surface area (Å²) in [5.74, 6) is -0.358. The smallest absolute Gasteiger partial charge is 0.376 e. The van der Waals surface area contributed by atoms with Gasteiger partial charge in [-0.15, -0.1) is 0 Å². The summed E-state index contributed by atoms with van der Waals surface area (Å²) < 4.78 is 39.2. The van der Waals surface area contributed by atoms with Crippen LogP contribution in [0.15, 0.2) is 48.5 Å². The third-order valence-corrected chi connectivity index (χ3v) is 6.65. The molecule has 0 heterocycles. The van der Waals surface area contributed by atoms with E-state index in [-0.39, 0.29) is 17.5 Å². The Morgan fingerprint density at radius 2 is 1.48 bits per heavy atom. The van der Waals surface area contributed by atoms with Crippen LogP contribution < -0.4 is 5.73 Å². The predicted octanol–water partition coefficient (Wildman–Crippen LogP) is 4.74. The Balaban J connectivity index is 1.66. The Bertz CT molecular complexity index is 977. The van der Waals surface area contributed by atoms with Crippen LogP contribution in [0.1, 0.15) is 77.3 Å². The highest BCUT2D eigenvalue weighted by atomic mass is 19.4. The van der Waals surface area contributed by atoms with Crippen molar-refractivity contribution < 1.29 is 27.9 Å². The van der Waals surface area contributed by atoms with E-state index < -0.39 is 17.7 Å². The second-order valence-electron chi connectivity index (χ2n) is 8.73. The van der Waals surface area contributed by atoms with Gasteiger partial charge in [0, 0.05) is 23.7 Å². The molecule has 178 valence electrons. The lowest BCUT2D eigenvalue weighted by atomic mass is 9.81. The third kappa shape index (κ3) is 5.21. The van der Waals surface area contributed by atoms with Crippen molar-refractivity contribution in [1.82, 2.24) is 4.90 Å². The maximum absolute atomic E-state index is 13.1. The molecule has 0 spiro atoms. The minimum atomic E-state index is -4.81. The average Bonchev–Trinajstić information content (AvgIpc) is 2.79. The van der Waals surface area contributed by atoms with Crippen LogP contribution in [0, 0.1) is 0 Å². The van der Waals surface area contributed by atoms with E-state index in [0.717, 1.165) is 43.4 Å². The monoisotopic (exact) mass is 462 g/mol. The molecule has 2 aromatic carbocycles. The summed E-state index contributed by atoms with van der Waals surface area (Å²) in [4.78, 5) is 26.1. The normalized spacial score (nSPS) is 20.7. The predicted molar refractivity (Wildman–Crippen MR) is 119 cm³/mol. The van der Waals surface area contributed by atoms with Gasteiger partial charge >= 0.3 is 6.18 Å². The van der Waals surface area contributed by atoms with Crippen LogP contribution in [-0.4, -0.2) is 40.6 Å². The quantitative estimate of drug-likeness (QED) is 0.650. The number of nitrogens with two attached hydrogens (primary N) is 1. The molecule has 0 bridgehead atoms. The molecule has 1 aliphatic carbocycles. The van der Waals surface area contributed by atoms with E-state index in [1.54, 1.807) is 17.0 Å². The number of nitrogens with zero attached hydrogens (tertiary/aromatic N) is 1. The lowest BCUT2D eigenvalue weighted by Gasteiger charge is -2.37. The lowest BCUT2D eigenvalue weighted by Crippen LogP contribution is -2.42. The van der Waals surface area contributed by atoms with E-state index in [1.807, 2.05) is 19.1 Å². The number of hydrogen-bond acceptors (Lipinski definition) is 3. The van der Waals surface area contributed by atoms with Gasteiger partial charge in [0.1, 0.15) is 0 Å². The second-order valence-corrected chi connectivity index (χ2v) is 8.73. The molecule has 3 N–H and O–H groups in total. The zero-order valence-corrected chi connectivity index (χ0v) is 18.7. The van der Waals surface area contributed by atoms with E-state index in [1.165, 1.54) is 12.1 Å². The molecular formula is C25H29F3N2O3. The van der Waals surface area contributed by atoms with Crippen LogP contribution in [0.25, 0.3) is 0 Å². The third-order valence-electron chi connectivity index (χ3n) is 6.65. The Morgan fingerprint density at radius 3 is 1.94 bits per heavy atom. The van der Waals surface area contributed by atoms with Gasteiger partial charge in [0.15, 0.2) is 5.60 Å². The number of benzene rings is 2. The maximum Gasteiger partial charge on any atom is 0.421 e. The van der Waals surface area contributed by atoms with E-state index >= 15 is 0 Å². The van der Waals surface area contributed by atoms with Gasteiger partial charge < -0.3 is 15.7 Å². The van der Waals surface area contributed by atoms with Gasteiger partial charge in [-0.1, -0.05) is 24.3 Å². The summed E-state index contributed by atoms with van der Waals surface area (Å²) in [7, 11) is 0. The molecule has 33 heavy (non-hydrogen) atoms. The van der Waals surface area contributed by atoms with E-state index in [4.69, 9.17) is 5.73 Å². The highest BCUT2D eigenvalue weighted by molar-refractivity contribution is 5.94. The number of amides is 2. The fraction of sp³-hybridized carbons (Fsp3) is 0.440. The Labute approximate surface area is 191 Å². The molecule has 1 aliphatic rings. The minimum Gasteiger partial charge on any atom is -0.376 e. The highest BCUT2D eigenvalue weighted by Gasteiger charge is 2.51. The summed E-state index contributed by atoms with van der Waals surface area (Å²) in [6.45, 7) is 3.07. The van der Waals surface area contributed by atoms with Crippen molar-refractivity contribution >= 4 is 11.8 Å². The fourth-order valence-electron chi connectivity index (χ4n) is 4.47. The van der Waals surface area contributed by atoms with Crippen molar-refractivity contribution in [2.24, 2.45) is 5.73 Å². The van der Waals surface area contributed by atoms with Gasteiger partial charge in [0.05, 0.1) is 0 Å². The van der Waals surface area contributed by atoms with Crippen molar-refractivity contribution in [3.8, 4) is 0 Å². The van der Waals surface area contributed by atoms with Crippen LogP contribution in [0.4, 0.5) is 13.2 Å². The van der Waals surface area contributed by atoms with Crippen LogP contribution in [0.5, 0.6) is 0 Å². The number of primary amides is 1. The van der Waals surface area contributed by atoms with E-state index in [2.05, 4.69) is 0 Å². The zero-order valence-electron chi connectivity index (χ0n) is 18.7. The molecule has 1 fully saturated rings. The van der Waals surface area contributed by atoms with Gasteiger partial charge in [-0.3, -0.25) is 9.59 Å². The SMILES string of the molecule is CCN(C(=O)c1ccc(C(C)(O)C(F)(F)F)cc1)C1CCC(c2ccc(C(N)=O)cc2)CC1. The molecule has 5 nitrogen and oxygen atoms in total. The van der Waals surface area contributed by atoms with Crippen LogP contribution in [0.2, 0.25) is 0 Å². The molecule has 1 unspecified atom stereocenters. The number of carbonyl (C=O) groups is 2. The van der Waals surface area contributed by atoms with Crippen molar-refractivity contribution in [3.05, 3.63) is 70.8 Å². The van der Waals surface area contributed by atoms with E-state index in [9.17, 15) is 27.9 Å². The molecule has 3 rings (SSSR count). The summed E-state index contributed by atoms with van der Waals surface area (Å²) in [5, 5.41) is 9.83.